The Kier molecular flexibility index (Phi) is 3.60. The van der Waals surface area contributed by atoms with Crippen molar-refractivity contribution in [2.24, 2.45) is 10.7 Å². The molecule has 1 unspecified atom stereocenters. The van der Waals surface area contributed by atoms with Crippen LogP contribution >= 0.6 is 28.1 Å². The van der Waals surface area contributed by atoms with Gasteiger partial charge in [-0.3, -0.25) is 4.79 Å². The highest BCUT2D eigenvalue weighted by molar-refractivity contribution is 9.10. The monoisotopic (exact) mass is 194 g/mol. The summed E-state index contributed by atoms with van der Waals surface area (Å²) < 4.78 is 0. The molecule has 0 aromatic heterocycles. The Bertz CT molecular complexity index is 140. The lowest BCUT2D eigenvalue weighted by atomic mass is 10.6. The van der Waals surface area contributed by atoms with Crippen molar-refractivity contribution in [2.45, 2.75) is 4.95 Å². The molecule has 0 aromatic rings. The summed E-state index contributed by atoms with van der Waals surface area (Å²) in [7, 11) is 0. The summed E-state index contributed by atoms with van der Waals surface area (Å²) in [4.78, 5) is 12.7. The van der Waals surface area contributed by atoms with Crippen molar-refractivity contribution in [2.75, 3.05) is 0 Å². The van der Waals surface area contributed by atoms with Gasteiger partial charge in [-0.25, -0.2) is 4.99 Å². The molecule has 0 saturated carbocycles. The average Bonchev–Trinajstić information content (AvgIpc) is 1.67. The van der Waals surface area contributed by atoms with Crippen LogP contribution in [0.5, 0.6) is 0 Å². The van der Waals surface area contributed by atoms with E-state index in [1.165, 1.54) is 0 Å². The van der Waals surface area contributed by atoms with E-state index in [1.807, 2.05) is 5.16 Å². The summed E-state index contributed by atoms with van der Waals surface area (Å²) in [6, 6.07) is 0. The van der Waals surface area contributed by atoms with Gasteiger partial charge in [0.1, 0.15) is 0 Å². The van der Waals surface area contributed by atoms with E-state index in [-0.39, 0.29) is 0 Å². The number of aliphatic imine (C=N–C) groups is 1. The maximum absolute atomic E-state index is 10.1. The Morgan fingerprint density at radius 2 is 2.50 bits per heavy atom. The van der Waals surface area contributed by atoms with Gasteiger partial charge in [0, 0.05) is 0 Å². The number of isothiocyanates is 1. The summed E-state index contributed by atoms with van der Waals surface area (Å²) >= 11 is 7.03. The number of carbonyl (C=O) groups excluding carboxylic acids is 1. The van der Waals surface area contributed by atoms with Crippen molar-refractivity contribution in [1.29, 1.82) is 0 Å². The number of halogens is 1. The predicted octanol–water partition coefficient (Wildman–Crippen LogP) is 0.295. The number of nitrogens with zero attached hydrogens (tertiary/aromatic N) is 1. The predicted molar refractivity (Wildman–Crippen MR) is 36.9 cm³/mol. The molecular formula is C3H3BrN2OS. The highest BCUT2D eigenvalue weighted by atomic mass is 79.9. The van der Waals surface area contributed by atoms with Crippen LogP contribution < -0.4 is 5.73 Å². The fraction of sp³-hybridized carbons (Fsp3) is 0.333. The van der Waals surface area contributed by atoms with E-state index < -0.39 is 10.9 Å². The lowest BCUT2D eigenvalue weighted by molar-refractivity contribution is -0.117. The second-order valence-electron chi connectivity index (χ2n) is 0.959. The van der Waals surface area contributed by atoms with Crippen molar-refractivity contribution in [3.05, 3.63) is 0 Å². The number of carbonyl (C=O) groups is 1. The molecule has 0 spiro atoms. The summed E-state index contributed by atoms with van der Waals surface area (Å²) in [5.74, 6) is -0.567. The van der Waals surface area contributed by atoms with E-state index in [0.717, 1.165) is 0 Å². The van der Waals surface area contributed by atoms with Crippen LogP contribution in [0.3, 0.4) is 0 Å². The first-order valence-electron chi connectivity index (χ1n) is 1.69. The van der Waals surface area contributed by atoms with Crippen LogP contribution in [0.15, 0.2) is 4.99 Å². The molecule has 3 nitrogen and oxygen atoms in total. The largest absolute Gasteiger partial charge is 0.367 e. The van der Waals surface area contributed by atoms with Crippen LogP contribution in [0.1, 0.15) is 0 Å². The molecule has 8 heavy (non-hydrogen) atoms. The number of amides is 1. The van der Waals surface area contributed by atoms with Gasteiger partial charge in [0.2, 0.25) is 0 Å². The third-order valence-electron chi connectivity index (χ3n) is 0.401. The normalized spacial score (nSPS) is 11.6. The van der Waals surface area contributed by atoms with Gasteiger partial charge in [-0.15, -0.1) is 0 Å². The zero-order valence-corrected chi connectivity index (χ0v) is 6.20. The van der Waals surface area contributed by atoms with Crippen molar-refractivity contribution < 1.29 is 4.79 Å². The fourth-order valence-corrected chi connectivity index (χ4v) is 0.453. The highest BCUT2D eigenvalue weighted by Gasteiger charge is 2.05. The van der Waals surface area contributed by atoms with Gasteiger partial charge in [-0.1, -0.05) is 15.9 Å². The second-order valence-corrected chi connectivity index (χ2v) is 2.01. The lowest BCUT2D eigenvalue weighted by Crippen LogP contribution is -2.20. The maximum Gasteiger partial charge on any atom is 0.254 e. The van der Waals surface area contributed by atoms with E-state index in [9.17, 15) is 4.79 Å². The quantitative estimate of drug-likeness (QED) is 0.298. The van der Waals surface area contributed by atoms with Gasteiger partial charge < -0.3 is 5.73 Å². The Hall–Kier alpha value is -0.250. The molecule has 0 rings (SSSR count). The first-order chi connectivity index (χ1) is 3.68. The average molecular weight is 195 g/mol. The molecule has 0 aliphatic rings. The molecule has 2 N–H and O–H groups in total. The number of primary amides is 1. The minimum absolute atomic E-state index is 0.567. The zero-order valence-electron chi connectivity index (χ0n) is 3.80. The van der Waals surface area contributed by atoms with E-state index in [4.69, 9.17) is 5.73 Å². The van der Waals surface area contributed by atoms with Gasteiger partial charge in [0.05, 0.1) is 5.16 Å². The third kappa shape index (κ3) is 2.85. The molecule has 0 radical (unpaired) electrons. The van der Waals surface area contributed by atoms with Crippen molar-refractivity contribution in [3.8, 4) is 0 Å². The summed E-state index contributed by atoms with van der Waals surface area (Å²) in [5.41, 5.74) is 4.76. The molecule has 0 saturated heterocycles. The number of hydrogen-bond acceptors (Lipinski definition) is 3. The highest BCUT2D eigenvalue weighted by Crippen LogP contribution is 1.96. The smallest absolute Gasteiger partial charge is 0.254 e. The van der Waals surface area contributed by atoms with Gasteiger partial charge in [0.25, 0.3) is 5.91 Å². The minimum Gasteiger partial charge on any atom is -0.367 e. The number of nitrogens with two attached hydrogens (primary N) is 1. The van der Waals surface area contributed by atoms with E-state index >= 15 is 0 Å². The van der Waals surface area contributed by atoms with Crippen LogP contribution in [-0.2, 0) is 4.79 Å². The van der Waals surface area contributed by atoms with Crippen LogP contribution in [0.2, 0.25) is 0 Å². The topological polar surface area (TPSA) is 55.5 Å². The van der Waals surface area contributed by atoms with E-state index in [1.54, 1.807) is 0 Å². The molecule has 0 bridgehead atoms. The first kappa shape index (κ1) is 7.75. The number of alkyl halides is 1. The fourth-order valence-electron chi connectivity index (χ4n) is 0.110. The maximum atomic E-state index is 10.1. The summed E-state index contributed by atoms with van der Waals surface area (Å²) in [5, 5.41) is 2.01. The molecule has 44 valence electrons. The van der Waals surface area contributed by atoms with Gasteiger partial charge in [-0.2, -0.15) is 0 Å². The number of hydrogen-bond donors (Lipinski definition) is 1. The van der Waals surface area contributed by atoms with Gasteiger partial charge >= 0.3 is 0 Å². The summed E-state index contributed by atoms with van der Waals surface area (Å²) in [6.45, 7) is 0. The lowest BCUT2D eigenvalue weighted by Gasteiger charge is -1.90. The minimum atomic E-state index is -0.722. The molecule has 0 heterocycles. The van der Waals surface area contributed by atoms with Crippen molar-refractivity contribution >= 4 is 39.2 Å². The SMILES string of the molecule is NC(=O)C(Br)N=C=S. The summed E-state index contributed by atoms with van der Waals surface area (Å²) in [6.07, 6.45) is 0. The van der Waals surface area contributed by atoms with Crippen molar-refractivity contribution in [1.82, 2.24) is 0 Å². The first-order valence-corrected chi connectivity index (χ1v) is 3.01. The zero-order chi connectivity index (χ0) is 6.57. The Labute approximate surface area is 60.1 Å². The Morgan fingerprint density at radius 1 is 2.00 bits per heavy atom. The van der Waals surface area contributed by atoms with E-state index in [0.29, 0.717) is 0 Å². The van der Waals surface area contributed by atoms with Crippen LogP contribution in [0.4, 0.5) is 0 Å². The number of thiocarbonyl (C=S) groups is 1. The third-order valence-corrected chi connectivity index (χ3v) is 1.16. The van der Waals surface area contributed by atoms with Crippen LogP contribution in [-0.4, -0.2) is 16.0 Å². The molecule has 0 aromatic carbocycles. The molecule has 1 atom stereocenters. The van der Waals surface area contributed by atoms with E-state index in [2.05, 4.69) is 33.1 Å². The molecule has 0 aliphatic carbocycles. The molecule has 0 fully saturated rings. The van der Waals surface area contributed by atoms with Crippen molar-refractivity contribution in [3.63, 3.8) is 0 Å². The van der Waals surface area contributed by atoms with Crippen LogP contribution in [0, 0.1) is 0 Å². The molecule has 5 heteroatoms. The van der Waals surface area contributed by atoms with Crippen LogP contribution in [0.25, 0.3) is 0 Å². The molecule has 1 amide bonds. The Morgan fingerprint density at radius 3 is 2.62 bits per heavy atom. The molecule has 0 aliphatic heterocycles. The van der Waals surface area contributed by atoms with Gasteiger partial charge in [-0.05, 0) is 12.2 Å². The molecular weight excluding hydrogens is 192 g/mol. The number of rotatable bonds is 2. The van der Waals surface area contributed by atoms with Gasteiger partial charge in [0.15, 0.2) is 4.95 Å². The standard InChI is InChI=1S/C3H3BrN2OS/c4-2(3(5)7)6-1-8/h2H,(H2,5,7). The second kappa shape index (κ2) is 3.72. The Balaban J connectivity index is 3.82.